The molecule has 96 valence electrons. The molecule has 1 atom stereocenters. The van der Waals surface area contributed by atoms with E-state index in [2.05, 4.69) is 10.4 Å². The van der Waals surface area contributed by atoms with E-state index in [0.29, 0.717) is 5.56 Å². The van der Waals surface area contributed by atoms with Crippen LogP contribution in [0.2, 0.25) is 0 Å². The first kappa shape index (κ1) is 12.7. The molecule has 0 bridgehead atoms. The van der Waals surface area contributed by atoms with Gasteiger partial charge in [-0.05, 0) is 38.0 Å². The zero-order chi connectivity index (χ0) is 13.3. The Morgan fingerprint density at radius 1 is 1.28 bits per heavy atom. The van der Waals surface area contributed by atoms with Crippen LogP contribution in [0.25, 0.3) is 0 Å². The second kappa shape index (κ2) is 4.88. The van der Waals surface area contributed by atoms with E-state index < -0.39 is 0 Å². The van der Waals surface area contributed by atoms with Gasteiger partial charge in [-0.15, -0.1) is 0 Å². The molecule has 5 heteroatoms. The van der Waals surface area contributed by atoms with Gasteiger partial charge in [0.15, 0.2) is 0 Å². The number of nitrogens with zero attached hydrogens (tertiary/aromatic N) is 1. The zero-order valence-corrected chi connectivity index (χ0v) is 10.6. The third kappa shape index (κ3) is 2.14. The van der Waals surface area contributed by atoms with Crippen LogP contribution < -0.4 is 11.3 Å². The van der Waals surface area contributed by atoms with Gasteiger partial charge in [0, 0.05) is 11.8 Å². The van der Waals surface area contributed by atoms with Crippen LogP contribution in [0.5, 0.6) is 0 Å². The van der Waals surface area contributed by atoms with Crippen LogP contribution in [0.1, 0.15) is 34.3 Å². The highest BCUT2D eigenvalue weighted by Crippen LogP contribution is 2.30. The predicted octanol–water partition coefficient (Wildman–Crippen LogP) is 2.29. The Labute approximate surface area is 105 Å². The monoisotopic (exact) mass is 249 g/mol. The highest BCUT2D eigenvalue weighted by molar-refractivity contribution is 5.39. The lowest BCUT2D eigenvalue weighted by Gasteiger charge is -2.16. The Morgan fingerprint density at radius 2 is 2.00 bits per heavy atom. The van der Waals surface area contributed by atoms with Crippen molar-refractivity contribution in [3.8, 4) is 0 Å². The number of nitrogens with one attached hydrogen (secondary N) is 1. The summed E-state index contributed by atoms with van der Waals surface area (Å²) in [7, 11) is 0. The summed E-state index contributed by atoms with van der Waals surface area (Å²) in [4.78, 5) is 3.84. The molecule has 4 nitrogen and oxygen atoms in total. The van der Waals surface area contributed by atoms with Crippen molar-refractivity contribution >= 4 is 0 Å². The first-order valence-corrected chi connectivity index (χ1v) is 5.67. The van der Waals surface area contributed by atoms with Crippen LogP contribution in [0, 0.1) is 26.6 Å². The van der Waals surface area contributed by atoms with Crippen molar-refractivity contribution in [2.75, 3.05) is 0 Å². The average Bonchev–Trinajstić information content (AvgIpc) is 2.57. The van der Waals surface area contributed by atoms with Crippen molar-refractivity contribution in [2.45, 2.75) is 26.8 Å². The zero-order valence-electron chi connectivity index (χ0n) is 10.6. The largest absolute Gasteiger partial charge is 0.466 e. The van der Waals surface area contributed by atoms with E-state index in [-0.39, 0.29) is 11.9 Å². The molecular weight excluding hydrogens is 233 g/mol. The van der Waals surface area contributed by atoms with Crippen molar-refractivity contribution in [3.05, 3.63) is 52.5 Å². The molecule has 0 aliphatic carbocycles. The highest BCUT2D eigenvalue weighted by atomic mass is 19.1. The summed E-state index contributed by atoms with van der Waals surface area (Å²) in [5.41, 5.74) is 5.31. The van der Waals surface area contributed by atoms with E-state index in [1.807, 2.05) is 20.8 Å². The molecule has 0 fully saturated rings. The van der Waals surface area contributed by atoms with Gasteiger partial charge < -0.3 is 4.42 Å². The number of hydrazine groups is 1. The average molecular weight is 249 g/mol. The van der Waals surface area contributed by atoms with Crippen LogP contribution in [-0.2, 0) is 0 Å². The number of rotatable bonds is 3. The van der Waals surface area contributed by atoms with Crippen LogP contribution in [0.3, 0.4) is 0 Å². The predicted molar refractivity (Wildman–Crippen MR) is 66.3 cm³/mol. The molecule has 18 heavy (non-hydrogen) atoms. The number of hydrogen-bond donors (Lipinski definition) is 2. The fourth-order valence-electron chi connectivity index (χ4n) is 2.17. The van der Waals surface area contributed by atoms with Gasteiger partial charge in [0.2, 0.25) is 0 Å². The number of aryl methyl sites for hydroxylation is 2. The molecule has 3 N–H and O–H groups in total. The van der Waals surface area contributed by atoms with E-state index in [4.69, 9.17) is 10.3 Å². The van der Waals surface area contributed by atoms with Gasteiger partial charge in [-0.25, -0.2) is 9.82 Å². The number of nitrogens with two attached hydrogens (primary N) is 1. The maximum atomic E-state index is 13.2. The van der Waals surface area contributed by atoms with Crippen LogP contribution in [-0.4, -0.2) is 4.98 Å². The summed E-state index contributed by atoms with van der Waals surface area (Å²) in [6.45, 7) is 5.72. The highest BCUT2D eigenvalue weighted by Gasteiger charge is 2.22. The molecular formula is C13H16FN3O. The smallest absolute Gasteiger partial charge is 0.141 e. The van der Waals surface area contributed by atoms with Gasteiger partial charge in [0.25, 0.3) is 0 Å². The summed E-state index contributed by atoms with van der Waals surface area (Å²) in [5.74, 6) is 6.82. The molecule has 0 amide bonds. The summed E-state index contributed by atoms with van der Waals surface area (Å²) in [6, 6.07) is 1.09. The van der Waals surface area contributed by atoms with Crippen LogP contribution >= 0.6 is 0 Å². The van der Waals surface area contributed by atoms with Crippen LogP contribution in [0.4, 0.5) is 4.39 Å². The Hall–Kier alpha value is -1.72. The van der Waals surface area contributed by atoms with Crippen molar-refractivity contribution in [1.29, 1.82) is 0 Å². The quantitative estimate of drug-likeness (QED) is 0.647. The minimum Gasteiger partial charge on any atom is -0.466 e. The SMILES string of the molecule is Cc1oc(C)c(C(NN)c2cncc(F)c2)c1C. The van der Waals surface area contributed by atoms with Crippen molar-refractivity contribution < 1.29 is 8.81 Å². The third-order valence-corrected chi connectivity index (χ3v) is 3.13. The molecule has 2 aromatic heterocycles. The fraction of sp³-hybridized carbons (Fsp3) is 0.308. The number of pyridine rings is 1. The normalized spacial score (nSPS) is 12.7. The van der Waals surface area contributed by atoms with E-state index >= 15 is 0 Å². The molecule has 0 spiro atoms. The summed E-state index contributed by atoms with van der Waals surface area (Å²) in [6.07, 6.45) is 2.76. The number of hydrogen-bond acceptors (Lipinski definition) is 4. The molecule has 0 radical (unpaired) electrons. The Balaban J connectivity index is 2.52. The summed E-state index contributed by atoms with van der Waals surface area (Å²) < 4.78 is 18.8. The lowest BCUT2D eigenvalue weighted by atomic mass is 9.97. The van der Waals surface area contributed by atoms with E-state index in [1.54, 1.807) is 6.20 Å². The molecule has 0 saturated heterocycles. The fourth-order valence-corrected chi connectivity index (χ4v) is 2.17. The van der Waals surface area contributed by atoms with Crippen LogP contribution in [0.15, 0.2) is 22.9 Å². The van der Waals surface area contributed by atoms with E-state index in [9.17, 15) is 4.39 Å². The first-order chi connectivity index (χ1) is 8.54. The van der Waals surface area contributed by atoms with Crippen molar-refractivity contribution in [3.63, 3.8) is 0 Å². The van der Waals surface area contributed by atoms with E-state index in [1.165, 1.54) is 6.07 Å². The van der Waals surface area contributed by atoms with Gasteiger partial charge in [-0.2, -0.15) is 0 Å². The molecule has 0 aliphatic heterocycles. The van der Waals surface area contributed by atoms with Gasteiger partial charge in [-0.3, -0.25) is 10.8 Å². The van der Waals surface area contributed by atoms with Crippen molar-refractivity contribution in [2.24, 2.45) is 5.84 Å². The van der Waals surface area contributed by atoms with Gasteiger partial charge in [-0.1, -0.05) is 0 Å². The minimum absolute atomic E-state index is 0.328. The molecule has 0 aromatic carbocycles. The summed E-state index contributed by atoms with van der Waals surface area (Å²) >= 11 is 0. The van der Waals surface area contributed by atoms with E-state index in [0.717, 1.165) is 28.8 Å². The maximum absolute atomic E-state index is 13.2. The minimum atomic E-state index is -0.386. The molecule has 1 unspecified atom stereocenters. The second-order valence-electron chi connectivity index (χ2n) is 4.29. The standard InChI is InChI=1S/C13H16FN3O/c1-7-8(2)18-9(3)12(7)13(17-15)10-4-11(14)6-16-5-10/h4-6,13,17H,15H2,1-3H3. The Bertz CT molecular complexity index is 565. The first-order valence-electron chi connectivity index (χ1n) is 5.67. The molecule has 0 saturated carbocycles. The maximum Gasteiger partial charge on any atom is 0.141 e. The van der Waals surface area contributed by atoms with Gasteiger partial charge >= 0.3 is 0 Å². The Morgan fingerprint density at radius 3 is 2.50 bits per heavy atom. The van der Waals surface area contributed by atoms with Crippen molar-refractivity contribution in [1.82, 2.24) is 10.4 Å². The Kier molecular flexibility index (Phi) is 3.45. The number of furan rings is 1. The van der Waals surface area contributed by atoms with Gasteiger partial charge in [0.05, 0.1) is 12.2 Å². The van der Waals surface area contributed by atoms with Gasteiger partial charge in [0.1, 0.15) is 17.3 Å². The second-order valence-corrected chi connectivity index (χ2v) is 4.29. The number of halogens is 1. The number of aromatic nitrogens is 1. The molecule has 0 aliphatic rings. The summed E-state index contributed by atoms with van der Waals surface area (Å²) in [5, 5.41) is 0. The lowest BCUT2D eigenvalue weighted by Crippen LogP contribution is -2.29. The molecule has 2 aromatic rings. The lowest BCUT2D eigenvalue weighted by molar-refractivity contribution is 0.493. The molecule has 2 rings (SSSR count). The third-order valence-electron chi connectivity index (χ3n) is 3.13. The topological polar surface area (TPSA) is 64.1 Å². The molecule has 2 heterocycles.